The number of phenolic OH excluding ortho intramolecular Hbond substituents is 1. The first kappa shape index (κ1) is 11.3. The first-order valence-corrected chi connectivity index (χ1v) is 5.97. The van der Waals surface area contributed by atoms with Gasteiger partial charge in [-0.05, 0) is 62.5 Å². The fraction of sp³-hybridized carbons (Fsp3) is 0.538. The Labute approximate surface area is 96.4 Å². The number of piperidine rings is 1. The lowest BCUT2D eigenvalue weighted by Crippen LogP contribution is -2.30. The molecule has 1 aromatic carbocycles. The summed E-state index contributed by atoms with van der Waals surface area (Å²) in [5.41, 5.74) is 0. The Hall–Kier alpha value is -1.22. The Morgan fingerprint density at radius 2 is 2.12 bits per heavy atom. The van der Waals surface area contributed by atoms with Crippen LogP contribution >= 0.6 is 0 Å². The number of phenols is 1. The van der Waals surface area contributed by atoms with Gasteiger partial charge in [0, 0.05) is 0 Å². The number of hydrogen-bond donors (Lipinski definition) is 2. The highest BCUT2D eigenvalue weighted by molar-refractivity contribution is 5.29. The monoisotopic (exact) mass is 221 g/mol. The van der Waals surface area contributed by atoms with E-state index in [2.05, 4.69) is 5.32 Å². The molecule has 1 heterocycles. The molecule has 1 aliphatic heterocycles. The van der Waals surface area contributed by atoms with Gasteiger partial charge in [-0.1, -0.05) is 0 Å². The topological polar surface area (TPSA) is 41.5 Å². The van der Waals surface area contributed by atoms with Crippen LogP contribution in [0.15, 0.2) is 24.3 Å². The lowest BCUT2D eigenvalue weighted by molar-refractivity contribution is 0.254. The second-order valence-electron chi connectivity index (χ2n) is 4.34. The molecule has 1 fully saturated rings. The molecule has 16 heavy (non-hydrogen) atoms. The molecule has 0 saturated carbocycles. The number of aromatic hydroxyl groups is 1. The van der Waals surface area contributed by atoms with E-state index in [0.717, 1.165) is 37.8 Å². The predicted molar refractivity (Wildman–Crippen MR) is 63.8 cm³/mol. The van der Waals surface area contributed by atoms with Gasteiger partial charge in [0.05, 0.1) is 6.61 Å². The SMILES string of the molecule is Oc1ccc(OCCC2CCCNC2)cc1. The normalized spacial score (nSPS) is 20.6. The summed E-state index contributed by atoms with van der Waals surface area (Å²) in [6, 6.07) is 6.90. The number of benzene rings is 1. The molecule has 3 heteroatoms. The van der Waals surface area contributed by atoms with Gasteiger partial charge in [0.2, 0.25) is 0 Å². The van der Waals surface area contributed by atoms with Crippen LogP contribution in [-0.4, -0.2) is 24.8 Å². The van der Waals surface area contributed by atoms with Crippen molar-refractivity contribution in [2.45, 2.75) is 19.3 Å². The molecule has 1 unspecified atom stereocenters. The minimum atomic E-state index is 0.281. The van der Waals surface area contributed by atoms with Crippen LogP contribution in [0.3, 0.4) is 0 Å². The maximum Gasteiger partial charge on any atom is 0.119 e. The Bertz CT molecular complexity index is 304. The molecule has 2 N–H and O–H groups in total. The zero-order valence-electron chi connectivity index (χ0n) is 9.48. The second-order valence-corrected chi connectivity index (χ2v) is 4.34. The average Bonchev–Trinajstić information content (AvgIpc) is 2.33. The Balaban J connectivity index is 1.69. The molecule has 0 bridgehead atoms. The van der Waals surface area contributed by atoms with Crippen LogP contribution in [-0.2, 0) is 0 Å². The molecule has 0 aromatic heterocycles. The van der Waals surface area contributed by atoms with Gasteiger partial charge in [-0.3, -0.25) is 0 Å². The van der Waals surface area contributed by atoms with Crippen LogP contribution < -0.4 is 10.1 Å². The lowest BCUT2D eigenvalue weighted by Gasteiger charge is -2.22. The van der Waals surface area contributed by atoms with Crippen LogP contribution in [0, 0.1) is 5.92 Å². The van der Waals surface area contributed by atoms with Crippen LogP contribution in [0.2, 0.25) is 0 Å². The number of rotatable bonds is 4. The van der Waals surface area contributed by atoms with Gasteiger partial charge >= 0.3 is 0 Å². The zero-order valence-corrected chi connectivity index (χ0v) is 9.48. The van der Waals surface area contributed by atoms with Crippen molar-refractivity contribution in [3.63, 3.8) is 0 Å². The molecule has 1 aliphatic rings. The van der Waals surface area contributed by atoms with Crippen molar-refractivity contribution in [1.82, 2.24) is 5.32 Å². The summed E-state index contributed by atoms with van der Waals surface area (Å²) in [4.78, 5) is 0. The van der Waals surface area contributed by atoms with Crippen molar-refractivity contribution < 1.29 is 9.84 Å². The zero-order chi connectivity index (χ0) is 11.2. The maximum atomic E-state index is 9.12. The summed E-state index contributed by atoms with van der Waals surface area (Å²) in [5, 5.41) is 12.5. The standard InChI is InChI=1S/C13H19NO2/c15-12-3-5-13(6-4-12)16-9-7-11-2-1-8-14-10-11/h3-6,11,14-15H,1-2,7-10H2. The Morgan fingerprint density at radius 3 is 2.81 bits per heavy atom. The summed E-state index contributed by atoms with van der Waals surface area (Å²) in [5.74, 6) is 1.87. The average molecular weight is 221 g/mol. The largest absolute Gasteiger partial charge is 0.508 e. The van der Waals surface area contributed by atoms with Crippen molar-refractivity contribution in [2.24, 2.45) is 5.92 Å². The van der Waals surface area contributed by atoms with E-state index in [1.165, 1.54) is 12.8 Å². The molecule has 1 aromatic rings. The molecular formula is C13H19NO2. The van der Waals surface area contributed by atoms with Gasteiger partial charge < -0.3 is 15.2 Å². The molecule has 88 valence electrons. The van der Waals surface area contributed by atoms with E-state index in [-0.39, 0.29) is 5.75 Å². The van der Waals surface area contributed by atoms with E-state index in [9.17, 15) is 0 Å². The van der Waals surface area contributed by atoms with Crippen molar-refractivity contribution in [2.75, 3.05) is 19.7 Å². The van der Waals surface area contributed by atoms with Gasteiger partial charge in [0.15, 0.2) is 0 Å². The second kappa shape index (κ2) is 5.75. The minimum absolute atomic E-state index is 0.281. The van der Waals surface area contributed by atoms with Crippen molar-refractivity contribution in [1.29, 1.82) is 0 Å². The summed E-state index contributed by atoms with van der Waals surface area (Å²) >= 11 is 0. The number of ether oxygens (including phenoxy) is 1. The highest BCUT2D eigenvalue weighted by Crippen LogP contribution is 2.18. The van der Waals surface area contributed by atoms with E-state index in [0.29, 0.717) is 0 Å². The molecule has 1 saturated heterocycles. The fourth-order valence-corrected chi connectivity index (χ4v) is 2.06. The third-order valence-corrected chi connectivity index (χ3v) is 3.03. The van der Waals surface area contributed by atoms with Gasteiger partial charge in [-0.25, -0.2) is 0 Å². The van der Waals surface area contributed by atoms with E-state index >= 15 is 0 Å². The first-order valence-electron chi connectivity index (χ1n) is 5.97. The third-order valence-electron chi connectivity index (χ3n) is 3.03. The summed E-state index contributed by atoms with van der Waals surface area (Å²) in [7, 11) is 0. The number of hydrogen-bond acceptors (Lipinski definition) is 3. The summed E-state index contributed by atoms with van der Waals surface area (Å²) in [6.07, 6.45) is 3.70. The van der Waals surface area contributed by atoms with E-state index in [1.807, 2.05) is 0 Å². The summed E-state index contributed by atoms with van der Waals surface area (Å²) < 4.78 is 5.62. The quantitative estimate of drug-likeness (QED) is 0.818. The Morgan fingerprint density at radius 1 is 1.31 bits per heavy atom. The van der Waals surface area contributed by atoms with Gasteiger partial charge in [0.25, 0.3) is 0 Å². The minimum Gasteiger partial charge on any atom is -0.508 e. The molecule has 1 atom stereocenters. The van der Waals surface area contributed by atoms with Gasteiger partial charge in [-0.2, -0.15) is 0 Å². The van der Waals surface area contributed by atoms with Crippen LogP contribution in [0.5, 0.6) is 11.5 Å². The van der Waals surface area contributed by atoms with E-state index < -0.39 is 0 Å². The molecule has 0 spiro atoms. The van der Waals surface area contributed by atoms with Crippen LogP contribution in [0.1, 0.15) is 19.3 Å². The van der Waals surface area contributed by atoms with Crippen LogP contribution in [0.25, 0.3) is 0 Å². The molecule has 0 amide bonds. The summed E-state index contributed by atoms with van der Waals surface area (Å²) in [6.45, 7) is 3.05. The van der Waals surface area contributed by atoms with E-state index in [4.69, 9.17) is 9.84 Å². The van der Waals surface area contributed by atoms with Crippen molar-refractivity contribution in [3.05, 3.63) is 24.3 Å². The first-order chi connectivity index (χ1) is 7.84. The fourth-order valence-electron chi connectivity index (χ4n) is 2.06. The molecule has 3 nitrogen and oxygen atoms in total. The van der Waals surface area contributed by atoms with E-state index in [1.54, 1.807) is 24.3 Å². The Kier molecular flexibility index (Phi) is 4.05. The predicted octanol–water partition coefficient (Wildman–Crippen LogP) is 2.16. The van der Waals surface area contributed by atoms with Crippen molar-refractivity contribution in [3.8, 4) is 11.5 Å². The lowest BCUT2D eigenvalue weighted by atomic mass is 9.97. The van der Waals surface area contributed by atoms with Gasteiger partial charge in [0.1, 0.15) is 11.5 Å². The van der Waals surface area contributed by atoms with Crippen LogP contribution in [0.4, 0.5) is 0 Å². The van der Waals surface area contributed by atoms with Gasteiger partial charge in [-0.15, -0.1) is 0 Å². The molecular weight excluding hydrogens is 202 g/mol. The maximum absolute atomic E-state index is 9.12. The number of nitrogens with one attached hydrogen (secondary N) is 1. The highest BCUT2D eigenvalue weighted by Gasteiger charge is 2.12. The molecule has 2 rings (SSSR count). The smallest absolute Gasteiger partial charge is 0.119 e. The highest BCUT2D eigenvalue weighted by atomic mass is 16.5. The molecule has 0 radical (unpaired) electrons. The molecule has 0 aliphatic carbocycles. The third kappa shape index (κ3) is 3.42. The van der Waals surface area contributed by atoms with Crippen molar-refractivity contribution >= 4 is 0 Å².